The molecule has 0 radical (unpaired) electrons. The Balaban J connectivity index is 3.15. The number of aliphatic hydroxyl groups is 2. The lowest BCUT2D eigenvalue weighted by Crippen LogP contribution is -2.27. The van der Waals surface area contributed by atoms with E-state index in [9.17, 15) is 9.50 Å². The number of halogens is 1. The van der Waals surface area contributed by atoms with Crippen LogP contribution in [0.4, 0.5) is 10.1 Å². The second-order valence-electron chi connectivity index (χ2n) is 3.65. The summed E-state index contributed by atoms with van der Waals surface area (Å²) in [6.07, 6.45) is -0.857. The predicted molar refractivity (Wildman–Crippen MR) is 62.0 cm³/mol. The molecule has 1 atom stereocenters. The van der Waals surface area contributed by atoms with E-state index in [-0.39, 0.29) is 12.2 Å². The summed E-state index contributed by atoms with van der Waals surface area (Å²) in [5.74, 6) is -0.413. The first kappa shape index (κ1) is 12.9. The van der Waals surface area contributed by atoms with Crippen LogP contribution in [0, 0.1) is 5.82 Å². The molecule has 2 N–H and O–H groups in total. The van der Waals surface area contributed by atoms with Gasteiger partial charge in [0.1, 0.15) is 5.82 Å². The minimum atomic E-state index is -0.857. The molecule has 0 bridgehead atoms. The van der Waals surface area contributed by atoms with Gasteiger partial charge in [0.15, 0.2) is 0 Å². The minimum absolute atomic E-state index is 0.00357. The Morgan fingerprint density at radius 1 is 1.44 bits per heavy atom. The van der Waals surface area contributed by atoms with E-state index in [2.05, 4.69) is 0 Å². The molecular formula is C12H18FNO2. The fraction of sp³-hybridized carbons (Fsp3) is 0.500. The average Bonchev–Trinajstić information content (AvgIpc) is 2.25. The predicted octanol–water partition coefficient (Wildman–Crippen LogP) is 1.70. The zero-order chi connectivity index (χ0) is 12.1. The number of hydrogen-bond acceptors (Lipinski definition) is 3. The highest BCUT2D eigenvalue weighted by Crippen LogP contribution is 2.28. The molecule has 0 spiro atoms. The lowest BCUT2D eigenvalue weighted by molar-refractivity contribution is 0.194. The van der Waals surface area contributed by atoms with E-state index in [4.69, 9.17) is 5.11 Å². The van der Waals surface area contributed by atoms with E-state index < -0.39 is 11.9 Å². The molecule has 1 aromatic rings. The van der Waals surface area contributed by atoms with Gasteiger partial charge in [-0.1, -0.05) is 6.07 Å². The third-order valence-electron chi connectivity index (χ3n) is 2.54. The van der Waals surface area contributed by atoms with Gasteiger partial charge < -0.3 is 15.1 Å². The first-order chi connectivity index (χ1) is 7.61. The molecule has 3 nitrogen and oxygen atoms in total. The van der Waals surface area contributed by atoms with Gasteiger partial charge in [-0.25, -0.2) is 4.39 Å². The largest absolute Gasteiger partial charge is 0.395 e. The van der Waals surface area contributed by atoms with Crippen molar-refractivity contribution < 1.29 is 14.6 Å². The normalized spacial score (nSPS) is 12.6. The molecule has 0 saturated heterocycles. The quantitative estimate of drug-likeness (QED) is 0.804. The molecule has 0 aromatic heterocycles. The molecule has 0 fully saturated rings. The number of likely N-dealkylation sites (N-methyl/N-ethyl adjacent to an activating group) is 1. The topological polar surface area (TPSA) is 43.7 Å². The zero-order valence-electron chi connectivity index (χ0n) is 9.65. The highest BCUT2D eigenvalue weighted by Gasteiger charge is 2.16. The third-order valence-corrected chi connectivity index (χ3v) is 2.54. The molecule has 0 unspecified atom stereocenters. The summed E-state index contributed by atoms with van der Waals surface area (Å²) in [4.78, 5) is 1.84. The Hall–Kier alpha value is -1.13. The molecule has 0 aliphatic heterocycles. The van der Waals surface area contributed by atoms with Crippen LogP contribution in [0.3, 0.4) is 0 Å². The Bertz CT molecular complexity index is 342. The number of rotatable bonds is 5. The van der Waals surface area contributed by atoms with E-state index in [1.54, 1.807) is 12.1 Å². The molecule has 0 aliphatic carbocycles. The lowest BCUT2D eigenvalue weighted by Gasteiger charge is -2.26. The van der Waals surface area contributed by atoms with Gasteiger partial charge in [0, 0.05) is 24.3 Å². The molecule has 1 rings (SSSR count). The van der Waals surface area contributed by atoms with Crippen molar-refractivity contribution in [1.82, 2.24) is 0 Å². The van der Waals surface area contributed by atoms with E-state index in [1.165, 1.54) is 13.0 Å². The van der Waals surface area contributed by atoms with Crippen molar-refractivity contribution in [3.05, 3.63) is 29.6 Å². The molecule has 0 amide bonds. The van der Waals surface area contributed by atoms with Crippen molar-refractivity contribution in [3.63, 3.8) is 0 Å². The molecule has 16 heavy (non-hydrogen) atoms. The zero-order valence-corrected chi connectivity index (χ0v) is 9.65. The maximum atomic E-state index is 13.6. The molecule has 1 aromatic carbocycles. The summed E-state index contributed by atoms with van der Waals surface area (Å²) in [7, 11) is 0. The van der Waals surface area contributed by atoms with Crippen LogP contribution >= 0.6 is 0 Å². The van der Waals surface area contributed by atoms with Gasteiger partial charge in [0.05, 0.1) is 12.7 Å². The Morgan fingerprint density at radius 3 is 2.62 bits per heavy atom. The van der Waals surface area contributed by atoms with Crippen LogP contribution in [0.2, 0.25) is 0 Å². The fourth-order valence-electron chi connectivity index (χ4n) is 1.78. The molecular weight excluding hydrogens is 209 g/mol. The first-order valence-corrected chi connectivity index (χ1v) is 5.44. The number of aliphatic hydroxyl groups excluding tert-OH is 2. The van der Waals surface area contributed by atoms with Gasteiger partial charge in [-0.2, -0.15) is 0 Å². The maximum Gasteiger partial charge on any atom is 0.131 e. The van der Waals surface area contributed by atoms with Crippen molar-refractivity contribution in [2.24, 2.45) is 0 Å². The van der Waals surface area contributed by atoms with Crippen LogP contribution in [0.25, 0.3) is 0 Å². The van der Waals surface area contributed by atoms with Gasteiger partial charge in [-0.3, -0.25) is 0 Å². The summed E-state index contributed by atoms with van der Waals surface area (Å²) in [5.41, 5.74) is 0.935. The van der Waals surface area contributed by atoms with Crippen molar-refractivity contribution in [3.8, 4) is 0 Å². The summed E-state index contributed by atoms with van der Waals surface area (Å²) >= 11 is 0. The summed E-state index contributed by atoms with van der Waals surface area (Å²) in [6.45, 7) is 4.55. The maximum absolute atomic E-state index is 13.6. The number of benzene rings is 1. The molecule has 0 saturated carbocycles. The monoisotopic (exact) mass is 227 g/mol. The SMILES string of the molecule is CCN(CCO)c1cccc(F)c1[C@@H](C)O. The Morgan fingerprint density at radius 2 is 2.12 bits per heavy atom. The fourth-order valence-corrected chi connectivity index (χ4v) is 1.78. The number of anilines is 1. The highest BCUT2D eigenvalue weighted by atomic mass is 19.1. The van der Waals surface area contributed by atoms with Crippen LogP contribution in [-0.2, 0) is 0 Å². The van der Waals surface area contributed by atoms with Crippen molar-refractivity contribution in [2.45, 2.75) is 20.0 Å². The van der Waals surface area contributed by atoms with Crippen molar-refractivity contribution >= 4 is 5.69 Å². The summed E-state index contributed by atoms with van der Waals surface area (Å²) < 4.78 is 13.6. The second kappa shape index (κ2) is 5.82. The van der Waals surface area contributed by atoms with Crippen molar-refractivity contribution in [1.29, 1.82) is 0 Å². The minimum Gasteiger partial charge on any atom is -0.395 e. The molecule has 90 valence electrons. The lowest BCUT2D eigenvalue weighted by atomic mass is 10.1. The smallest absolute Gasteiger partial charge is 0.131 e. The van der Waals surface area contributed by atoms with E-state index in [0.717, 1.165) is 0 Å². The van der Waals surface area contributed by atoms with Gasteiger partial charge in [0.25, 0.3) is 0 Å². The highest BCUT2D eigenvalue weighted by molar-refractivity contribution is 5.55. The van der Waals surface area contributed by atoms with Gasteiger partial charge in [0.2, 0.25) is 0 Å². The standard InChI is InChI=1S/C12H18FNO2/c1-3-14(7-8-15)11-6-4-5-10(13)12(11)9(2)16/h4-6,9,15-16H,3,7-8H2,1-2H3/t9-/m1/s1. The van der Waals surface area contributed by atoms with E-state index in [0.29, 0.717) is 18.8 Å². The molecule has 0 heterocycles. The summed E-state index contributed by atoms with van der Waals surface area (Å²) in [5, 5.41) is 18.5. The van der Waals surface area contributed by atoms with Gasteiger partial charge in [-0.05, 0) is 26.0 Å². The van der Waals surface area contributed by atoms with E-state index >= 15 is 0 Å². The second-order valence-corrected chi connectivity index (χ2v) is 3.65. The first-order valence-electron chi connectivity index (χ1n) is 5.44. The van der Waals surface area contributed by atoms with Gasteiger partial charge in [-0.15, -0.1) is 0 Å². The van der Waals surface area contributed by atoms with Crippen LogP contribution in [-0.4, -0.2) is 29.9 Å². The molecule has 4 heteroatoms. The van der Waals surface area contributed by atoms with Crippen LogP contribution < -0.4 is 4.90 Å². The van der Waals surface area contributed by atoms with E-state index in [1.807, 2.05) is 11.8 Å². The Labute approximate surface area is 95.1 Å². The van der Waals surface area contributed by atoms with Crippen LogP contribution in [0.5, 0.6) is 0 Å². The van der Waals surface area contributed by atoms with Gasteiger partial charge >= 0.3 is 0 Å². The van der Waals surface area contributed by atoms with Crippen LogP contribution in [0.1, 0.15) is 25.5 Å². The Kier molecular flexibility index (Phi) is 4.71. The number of nitrogens with zero attached hydrogens (tertiary/aromatic N) is 1. The summed E-state index contributed by atoms with van der Waals surface area (Å²) in [6, 6.07) is 4.69. The average molecular weight is 227 g/mol. The molecule has 0 aliphatic rings. The van der Waals surface area contributed by atoms with Crippen molar-refractivity contribution in [2.75, 3.05) is 24.6 Å². The van der Waals surface area contributed by atoms with Crippen LogP contribution in [0.15, 0.2) is 18.2 Å². The third kappa shape index (κ3) is 2.71. The number of hydrogen-bond donors (Lipinski definition) is 2.